The monoisotopic (exact) mass is 210 g/mol. The number of thioether (sulfide) groups is 1. The number of alkyl halides is 2. The minimum absolute atomic E-state index is 0.0951. The summed E-state index contributed by atoms with van der Waals surface area (Å²) < 4.78 is 24.5. The van der Waals surface area contributed by atoms with Crippen LogP contribution in [0, 0.1) is 0 Å². The fraction of sp³-hybridized carbons (Fsp3) is 0.889. The molecule has 0 aromatic heterocycles. The largest absolute Gasteiger partial charge is 0.287 e. The Balaban J connectivity index is 3.26. The molecule has 0 rings (SSSR count). The van der Waals surface area contributed by atoms with E-state index in [0.717, 1.165) is 0 Å². The molecule has 0 saturated heterocycles. The van der Waals surface area contributed by atoms with Crippen molar-refractivity contribution < 1.29 is 13.6 Å². The summed E-state index contributed by atoms with van der Waals surface area (Å²) in [6, 6.07) is 0. The third-order valence-corrected chi connectivity index (χ3v) is 2.68. The minimum atomic E-state index is -0.951. The van der Waals surface area contributed by atoms with Crippen LogP contribution in [0.15, 0.2) is 0 Å². The summed E-state index contributed by atoms with van der Waals surface area (Å²) in [5.41, 5.74) is 0. The zero-order valence-corrected chi connectivity index (χ0v) is 8.71. The van der Waals surface area contributed by atoms with E-state index in [9.17, 15) is 13.6 Å². The van der Waals surface area contributed by atoms with Crippen LogP contribution < -0.4 is 0 Å². The number of carbonyl (C=O) groups is 1. The molecule has 1 atom stereocenters. The fourth-order valence-corrected chi connectivity index (χ4v) is 1.65. The highest BCUT2D eigenvalue weighted by Crippen LogP contribution is 2.13. The van der Waals surface area contributed by atoms with Crippen molar-refractivity contribution in [1.29, 1.82) is 0 Å². The van der Waals surface area contributed by atoms with E-state index < -0.39 is 12.8 Å². The Labute approximate surface area is 82.3 Å². The summed E-state index contributed by atoms with van der Waals surface area (Å²) in [7, 11) is 0. The van der Waals surface area contributed by atoms with Crippen molar-refractivity contribution in [1.82, 2.24) is 0 Å². The Morgan fingerprint density at radius 2 is 2.15 bits per heavy atom. The number of hydrogen-bond donors (Lipinski definition) is 0. The van der Waals surface area contributed by atoms with Gasteiger partial charge in [0, 0.05) is 12.2 Å². The quantitative estimate of drug-likeness (QED) is 0.642. The van der Waals surface area contributed by atoms with Gasteiger partial charge in [-0.2, -0.15) is 0 Å². The number of carbonyl (C=O) groups excluding carboxylic acids is 1. The summed E-state index contributed by atoms with van der Waals surface area (Å²) in [6.45, 7) is 1.33. The van der Waals surface area contributed by atoms with Crippen molar-refractivity contribution in [3.63, 3.8) is 0 Å². The first-order valence-corrected chi connectivity index (χ1v) is 5.55. The van der Waals surface area contributed by atoms with Gasteiger partial charge in [-0.25, -0.2) is 4.39 Å². The van der Waals surface area contributed by atoms with Crippen molar-refractivity contribution in [2.24, 2.45) is 0 Å². The van der Waals surface area contributed by atoms with Gasteiger partial charge in [-0.1, -0.05) is 18.7 Å². The lowest BCUT2D eigenvalue weighted by atomic mass is 10.2. The maximum Gasteiger partial charge on any atom is 0.188 e. The first-order chi connectivity index (χ1) is 6.20. The fourth-order valence-electron chi connectivity index (χ4n) is 0.846. The van der Waals surface area contributed by atoms with Crippen LogP contribution >= 0.6 is 11.8 Å². The molecule has 0 fully saturated rings. The Kier molecular flexibility index (Phi) is 8.40. The van der Waals surface area contributed by atoms with Crippen LogP contribution in [0.2, 0.25) is 0 Å². The van der Waals surface area contributed by atoms with Gasteiger partial charge in [-0.3, -0.25) is 9.18 Å². The second-order valence-corrected chi connectivity index (χ2v) is 3.94. The van der Waals surface area contributed by atoms with E-state index in [0.29, 0.717) is 18.6 Å². The standard InChI is InChI=1S/C9H16F2OS/c1-2-9(12)13-7-5-8(11)4-3-6-10/h8H,2-7H2,1H3. The Bertz CT molecular complexity index is 142. The molecule has 0 saturated carbocycles. The number of rotatable bonds is 7. The number of hydrogen-bond acceptors (Lipinski definition) is 2. The minimum Gasteiger partial charge on any atom is -0.287 e. The Hall–Kier alpha value is -0.120. The molecule has 78 valence electrons. The first-order valence-electron chi connectivity index (χ1n) is 4.56. The number of halogens is 2. The van der Waals surface area contributed by atoms with E-state index in [1.54, 1.807) is 6.92 Å². The summed E-state index contributed by atoms with van der Waals surface area (Å²) in [6.07, 6.45) is 0.459. The van der Waals surface area contributed by atoms with Gasteiger partial charge in [-0.05, 0) is 19.3 Å². The van der Waals surface area contributed by atoms with Crippen LogP contribution in [0.3, 0.4) is 0 Å². The summed E-state index contributed by atoms with van der Waals surface area (Å²) >= 11 is 1.17. The molecule has 1 nitrogen and oxygen atoms in total. The average molecular weight is 210 g/mol. The lowest BCUT2D eigenvalue weighted by Gasteiger charge is -2.05. The highest BCUT2D eigenvalue weighted by atomic mass is 32.2. The van der Waals surface area contributed by atoms with E-state index in [1.807, 2.05) is 0 Å². The molecule has 0 spiro atoms. The summed E-state index contributed by atoms with van der Waals surface area (Å²) in [5.74, 6) is 0.514. The molecule has 0 aliphatic carbocycles. The van der Waals surface area contributed by atoms with Gasteiger partial charge in [0.05, 0.1) is 6.67 Å². The molecule has 0 aromatic rings. The van der Waals surface area contributed by atoms with Gasteiger partial charge in [-0.15, -0.1) is 0 Å². The van der Waals surface area contributed by atoms with Crippen molar-refractivity contribution in [2.75, 3.05) is 12.4 Å². The lowest BCUT2D eigenvalue weighted by molar-refractivity contribution is -0.110. The normalized spacial score (nSPS) is 12.8. The molecule has 4 heteroatoms. The first kappa shape index (κ1) is 12.9. The van der Waals surface area contributed by atoms with Crippen LogP contribution in [-0.4, -0.2) is 23.7 Å². The van der Waals surface area contributed by atoms with Gasteiger partial charge < -0.3 is 0 Å². The van der Waals surface area contributed by atoms with Gasteiger partial charge >= 0.3 is 0 Å². The third kappa shape index (κ3) is 8.22. The van der Waals surface area contributed by atoms with Crippen molar-refractivity contribution in [3.05, 3.63) is 0 Å². The molecule has 0 bridgehead atoms. The highest BCUT2D eigenvalue weighted by molar-refractivity contribution is 8.13. The molecule has 13 heavy (non-hydrogen) atoms. The second kappa shape index (κ2) is 8.48. The topological polar surface area (TPSA) is 17.1 Å². The van der Waals surface area contributed by atoms with E-state index in [-0.39, 0.29) is 18.0 Å². The molecule has 0 aliphatic heterocycles. The van der Waals surface area contributed by atoms with Gasteiger partial charge in [0.25, 0.3) is 0 Å². The maximum atomic E-state index is 12.9. The lowest BCUT2D eigenvalue weighted by Crippen LogP contribution is -2.03. The Morgan fingerprint density at radius 3 is 2.69 bits per heavy atom. The van der Waals surface area contributed by atoms with Gasteiger partial charge in [0.1, 0.15) is 6.17 Å². The molecular formula is C9H16F2OS. The van der Waals surface area contributed by atoms with Crippen LogP contribution in [0.1, 0.15) is 32.6 Å². The van der Waals surface area contributed by atoms with Crippen LogP contribution in [0.4, 0.5) is 8.78 Å². The van der Waals surface area contributed by atoms with Crippen molar-refractivity contribution in [2.45, 2.75) is 38.8 Å². The smallest absolute Gasteiger partial charge is 0.188 e. The molecule has 0 radical (unpaired) electrons. The van der Waals surface area contributed by atoms with Gasteiger partial charge in [0.2, 0.25) is 0 Å². The summed E-state index contributed by atoms with van der Waals surface area (Å²) in [4.78, 5) is 10.8. The van der Waals surface area contributed by atoms with E-state index in [1.165, 1.54) is 11.8 Å². The summed E-state index contributed by atoms with van der Waals surface area (Å²) in [5, 5.41) is 0.0951. The van der Waals surface area contributed by atoms with Gasteiger partial charge in [0.15, 0.2) is 5.12 Å². The zero-order valence-electron chi connectivity index (χ0n) is 7.89. The predicted octanol–water partition coefficient (Wildman–Crippen LogP) is 3.13. The molecule has 0 N–H and O–H groups in total. The molecule has 0 amide bonds. The van der Waals surface area contributed by atoms with Crippen LogP contribution in [-0.2, 0) is 4.79 Å². The second-order valence-electron chi connectivity index (χ2n) is 2.79. The van der Waals surface area contributed by atoms with Crippen LogP contribution in [0.5, 0.6) is 0 Å². The molecule has 0 aliphatic rings. The zero-order chi connectivity index (χ0) is 10.1. The van der Waals surface area contributed by atoms with Crippen LogP contribution in [0.25, 0.3) is 0 Å². The predicted molar refractivity (Wildman–Crippen MR) is 52.5 cm³/mol. The highest BCUT2D eigenvalue weighted by Gasteiger charge is 2.07. The van der Waals surface area contributed by atoms with E-state index in [4.69, 9.17) is 0 Å². The molecule has 0 heterocycles. The SMILES string of the molecule is CCC(=O)SCCC(F)CCCF. The van der Waals surface area contributed by atoms with Crippen molar-refractivity contribution in [3.8, 4) is 0 Å². The van der Waals surface area contributed by atoms with E-state index >= 15 is 0 Å². The Morgan fingerprint density at radius 1 is 1.46 bits per heavy atom. The third-order valence-electron chi connectivity index (χ3n) is 1.63. The van der Waals surface area contributed by atoms with Crippen molar-refractivity contribution >= 4 is 16.9 Å². The average Bonchev–Trinajstić information content (AvgIpc) is 2.14. The van der Waals surface area contributed by atoms with E-state index in [2.05, 4.69) is 0 Å². The molecule has 1 unspecified atom stereocenters. The molecular weight excluding hydrogens is 194 g/mol. The molecule has 0 aromatic carbocycles. The maximum absolute atomic E-state index is 12.9.